The number of aliphatic carboxylic acids is 1. The second-order valence-electron chi connectivity index (χ2n) is 10.6. The Morgan fingerprint density at radius 3 is 2.17 bits per heavy atom. The molecule has 2 saturated heterocycles. The van der Waals surface area contributed by atoms with Gasteiger partial charge in [-0.25, -0.2) is 0 Å². The van der Waals surface area contributed by atoms with Crippen molar-refractivity contribution in [3.05, 3.63) is 70.8 Å². The molecule has 2 aromatic rings. The van der Waals surface area contributed by atoms with Crippen LogP contribution in [0.1, 0.15) is 79.6 Å². The molecule has 3 atom stereocenters. The lowest BCUT2D eigenvalue weighted by Gasteiger charge is -2.39. The van der Waals surface area contributed by atoms with Crippen LogP contribution in [0.15, 0.2) is 48.5 Å². The first-order valence-electron chi connectivity index (χ1n) is 14.4. The maximum atomic E-state index is 12.2. The predicted octanol–water partition coefficient (Wildman–Crippen LogP) is 4.10. The summed E-state index contributed by atoms with van der Waals surface area (Å²) in [5.41, 5.74) is 3.87. The minimum absolute atomic E-state index is 0.00210. The van der Waals surface area contributed by atoms with E-state index in [-0.39, 0.29) is 31.1 Å². The Hall–Kier alpha value is -2.82. The smallest absolute Gasteiger partial charge is 0.303 e. The first kappa shape index (κ1) is 30.1. The van der Waals surface area contributed by atoms with Gasteiger partial charge in [-0.1, -0.05) is 61.4 Å². The first-order valence-corrected chi connectivity index (χ1v) is 14.4. The van der Waals surface area contributed by atoms with Crippen molar-refractivity contribution in [3.8, 4) is 0 Å². The normalized spacial score (nSPS) is 21.7. The van der Waals surface area contributed by atoms with Gasteiger partial charge >= 0.3 is 5.97 Å². The molecule has 3 N–H and O–H groups in total. The lowest BCUT2D eigenvalue weighted by atomic mass is 9.99. The highest BCUT2D eigenvalue weighted by molar-refractivity contribution is 5.75. The topological polar surface area (TPSA) is 118 Å². The Morgan fingerprint density at radius 2 is 1.50 bits per heavy atom. The number of aliphatic hydroxyl groups excluding tert-OH is 1. The fourth-order valence-corrected chi connectivity index (χ4v) is 5.10. The van der Waals surface area contributed by atoms with Crippen LogP contribution in [-0.4, -0.2) is 65.9 Å². The highest BCUT2D eigenvalue weighted by Crippen LogP contribution is 2.38. The molecule has 218 valence electrons. The Kier molecular flexibility index (Phi) is 11.9. The number of carbonyl (C=O) groups is 2. The second kappa shape index (κ2) is 15.8. The molecule has 40 heavy (non-hydrogen) atoms. The van der Waals surface area contributed by atoms with Crippen molar-refractivity contribution in [1.82, 2.24) is 10.2 Å². The average molecular weight is 555 g/mol. The molecule has 0 radical (unpaired) electrons. The third kappa shape index (κ3) is 9.67. The number of hydrogen-bond acceptors (Lipinski definition) is 7. The van der Waals surface area contributed by atoms with Crippen molar-refractivity contribution in [2.24, 2.45) is 0 Å². The molecule has 9 heteroatoms. The molecular weight excluding hydrogens is 512 g/mol. The van der Waals surface area contributed by atoms with E-state index in [2.05, 4.69) is 10.2 Å². The maximum Gasteiger partial charge on any atom is 0.303 e. The highest BCUT2D eigenvalue weighted by Gasteiger charge is 2.33. The summed E-state index contributed by atoms with van der Waals surface area (Å²) in [5, 5.41) is 21.1. The van der Waals surface area contributed by atoms with E-state index in [0.717, 1.165) is 80.8 Å². The van der Waals surface area contributed by atoms with Crippen LogP contribution in [-0.2, 0) is 37.0 Å². The monoisotopic (exact) mass is 554 g/mol. The van der Waals surface area contributed by atoms with E-state index < -0.39 is 12.3 Å². The summed E-state index contributed by atoms with van der Waals surface area (Å²) in [6, 6.07) is 15.9. The van der Waals surface area contributed by atoms with Gasteiger partial charge in [-0.3, -0.25) is 14.5 Å². The van der Waals surface area contributed by atoms with Gasteiger partial charge in [0.2, 0.25) is 5.91 Å². The Morgan fingerprint density at radius 1 is 0.850 bits per heavy atom. The number of nitrogens with one attached hydrogen (secondary N) is 1. The van der Waals surface area contributed by atoms with E-state index in [0.29, 0.717) is 19.4 Å². The second-order valence-corrected chi connectivity index (χ2v) is 10.6. The minimum Gasteiger partial charge on any atom is -0.481 e. The molecule has 2 aromatic carbocycles. The van der Waals surface area contributed by atoms with Crippen LogP contribution >= 0.6 is 0 Å². The van der Waals surface area contributed by atoms with E-state index in [4.69, 9.17) is 19.3 Å². The van der Waals surface area contributed by atoms with Crippen molar-refractivity contribution < 1.29 is 34.0 Å². The van der Waals surface area contributed by atoms with Gasteiger partial charge < -0.3 is 29.7 Å². The Bertz CT molecular complexity index is 1050. The van der Waals surface area contributed by atoms with Crippen molar-refractivity contribution >= 4 is 11.9 Å². The first-order chi connectivity index (χ1) is 19.5. The standard InChI is InChI=1S/C31H42N2O7/c34-22-24-9-11-25(12-10-24)28-19-27(21-33-15-17-38-18-16-33)39-31(40-28)26-13-7-23(8-14-26)20-32-29(35)5-3-1-2-4-6-30(36)37/h7-14,27-28,31,34H,1-6,15-22H2,(H,32,35)(H,36,37)/t27-,28+,31+/m0/s1. The number of amides is 1. The number of rotatable bonds is 14. The van der Waals surface area contributed by atoms with E-state index in [1.165, 1.54) is 0 Å². The largest absolute Gasteiger partial charge is 0.481 e. The molecule has 0 aromatic heterocycles. The number of benzene rings is 2. The number of hydrogen-bond donors (Lipinski definition) is 3. The predicted molar refractivity (Wildman–Crippen MR) is 149 cm³/mol. The zero-order valence-corrected chi connectivity index (χ0v) is 23.1. The third-order valence-electron chi connectivity index (χ3n) is 7.47. The SMILES string of the molecule is O=C(O)CCCCCCC(=O)NCc1ccc([C@@H]2O[C@H](CN3CCOCC3)C[C@H](c3ccc(CO)cc3)O2)cc1. The summed E-state index contributed by atoms with van der Waals surface area (Å²) in [7, 11) is 0. The van der Waals surface area contributed by atoms with Crippen LogP contribution < -0.4 is 5.32 Å². The highest BCUT2D eigenvalue weighted by atomic mass is 16.7. The van der Waals surface area contributed by atoms with Crippen LogP contribution in [0.5, 0.6) is 0 Å². The quantitative estimate of drug-likeness (QED) is 0.299. The van der Waals surface area contributed by atoms with Gasteiger partial charge in [-0.2, -0.15) is 0 Å². The van der Waals surface area contributed by atoms with Crippen molar-refractivity contribution in [3.63, 3.8) is 0 Å². The third-order valence-corrected chi connectivity index (χ3v) is 7.47. The summed E-state index contributed by atoms with van der Waals surface area (Å²) in [5.74, 6) is -0.770. The summed E-state index contributed by atoms with van der Waals surface area (Å²) < 4.78 is 18.4. The van der Waals surface area contributed by atoms with Crippen molar-refractivity contribution in [2.45, 2.75) is 76.6 Å². The fourth-order valence-electron chi connectivity index (χ4n) is 5.10. The average Bonchev–Trinajstić information content (AvgIpc) is 2.98. The van der Waals surface area contributed by atoms with Crippen LogP contribution in [0.4, 0.5) is 0 Å². The van der Waals surface area contributed by atoms with Crippen LogP contribution in [0, 0.1) is 0 Å². The number of carboxylic acids is 1. The minimum atomic E-state index is -0.772. The summed E-state index contributed by atoms with van der Waals surface area (Å²) in [6.45, 7) is 4.55. The number of nitrogens with zero attached hydrogens (tertiary/aromatic N) is 1. The lowest BCUT2D eigenvalue weighted by Crippen LogP contribution is -2.44. The maximum absolute atomic E-state index is 12.2. The molecule has 9 nitrogen and oxygen atoms in total. The number of morpholine rings is 1. The molecule has 2 heterocycles. The molecule has 2 fully saturated rings. The molecule has 0 bridgehead atoms. The fraction of sp³-hybridized carbons (Fsp3) is 0.548. The zero-order chi connectivity index (χ0) is 28.2. The molecule has 2 aliphatic heterocycles. The van der Waals surface area contributed by atoms with Crippen LogP contribution in [0.3, 0.4) is 0 Å². The Balaban J connectivity index is 1.31. The van der Waals surface area contributed by atoms with Gasteiger partial charge in [-0.05, 0) is 29.5 Å². The van der Waals surface area contributed by atoms with Gasteiger partial charge in [-0.15, -0.1) is 0 Å². The molecule has 1 amide bonds. The number of aliphatic hydroxyl groups is 1. The molecule has 0 saturated carbocycles. The molecule has 0 unspecified atom stereocenters. The molecule has 0 spiro atoms. The lowest BCUT2D eigenvalue weighted by molar-refractivity contribution is -0.253. The number of ether oxygens (including phenoxy) is 3. The van der Waals surface area contributed by atoms with E-state index >= 15 is 0 Å². The van der Waals surface area contributed by atoms with E-state index in [1.54, 1.807) is 0 Å². The molecule has 2 aliphatic rings. The van der Waals surface area contributed by atoms with Gasteiger partial charge in [0, 0.05) is 51.0 Å². The zero-order valence-electron chi connectivity index (χ0n) is 23.1. The van der Waals surface area contributed by atoms with Gasteiger partial charge in [0.1, 0.15) is 0 Å². The van der Waals surface area contributed by atoms with Crippen molar-refractivity contribution in [2.75, 3.05) is 32.8 Å². The summed E-state index contributed by atoms with van der Waals surface area (Å²) >= 11 is 0. The number of carbonyl (C=O) groups excluding carboxylic acids is 1. The summed E-state index contributed by atoms with van der Waals surface area (Å²) in [6.07, 6.45) is 3.85. The van der Waals surface area contributed by atoms with Gasteiger partial charge in [0.15, 0.2) is 6.29 Å². The number of carboxylic acid groups (broad SMARTS) is 1. The van der Waals surface area contributed by atoms with Crippen LogP contribution in [0.25, 0.3) is 0 Å². The Labute approximate surface area is 236 Å². The number of unbranched alkanes of at least 4 members (excludes halogenated alkanes) is 3. The van der Waals surface area contributed by atoms with Gasteiger partial charge in [0.05, 0.1) is 32.0 Å². The van der Waals surface area contributed by atoms with E-state index in [1.807, 2.05) is 48.5 Å². The molecule has 0 aliphatic carbocycles. The summed E-state index contributed by atoms with van der Waals surface area (Å²) in [4.78, 5) is 25.2. The van der Waals surface area contributed by atoms with E-state index in [9.17, 15) is 14.7 Å². The van der Waals surface area contributed by atoms with Crippen LogP contribution in [0.2, 0.25) is 0 Å². The molecule has 4 rings (SSSR count). The van der Waals surface area contributed by atoms with Crippen molar-refractivity contribution in [1.29, 1.82) is 0 Å². The van der Waals surface area contributed by atoms with Gasteiger partial charge in [0.25, 0.3) is 0 Å². The molecular formula is C31H42N2O7.